The molecule has 0 saturated heterocycles. The molecule has 1 aromatic heterocycles. The molecule has 4 heteroatoms. The first-order valence-electron chi connectivity index (χ1n) is 7.91. The molecule has 2 aromatic carbocycles. The zero-order chi connectivity index (χ0) is 17.1. The van der Waals surface area contributed by atoms with Gasteiger partial charge in [0.05, 0.1) is 12.5 Å². The summed E-state index contributed by atoms with van der Waals surface area (Å²) >= 11 is 0. The number of furan rings is 1. The molecule has 0 unspecified atom stereocenters. The highest BCUT2D eigenvalue weighted by Gasteiger charge is 2.15. The fourth-order valence-electron chi connectivity index (χ4n) is 2.84. The van der Waals surface area contributed by atoms with Gasteiger partial charge in [0.2, 0.25) is 0 Å². The van der Waals surface area contributed by atoms with Crippen molar-refractivity contribution in [2.75, 3.05) is 7.11 Å². The maximum atomic E-state index is 11.3. The fraction of sp³-hybridized carbons (Fsp3) is 0.250. The molecular weight excluding hydrogens is 304 g/mol. The Morgan fingerprint density at radius 1 is 1.08 bits per heavy atom. The molecule has 0 N–H and O–H groups in total. The van der Waals surface area contributed by atoms with Gasteiger partial charge in [0.15, 0.2) is 0 Å². The lowest BCUT2D eigenvalue weighted by Gasteiger charge is -2.04. The zero-order valence-corrected chi connectivity index (χ0v) is 14.1. The number of hydrogen-bond acceptors (Lipinski definition) is 4. The monoisotopic (exact) mass is 324 g/mol. The van der Waals surface area contributed by atoms with Crippen LogP contribution in [0.5, 0.6) is 11.5 Å². The first-order chi connectivity index (χ1) is 11.6. The van der Waals surface area contributed by atoms with Gasteiger partial charge >= 0.3 is 5.97 Å². The van der Waals surface area contributed by atoms with E-state index in [4.69, 9.17) is 13.9 Å². The summed E-state index contributed by atoms with van der Waals surface area (Å²) in [6.45, 7) is 3.40. The number of benzene rings is 2. The number of rotatable bonds is 5. The van der Waals surface area contributed by atoms with Crippen LogP contribution in [0.3, 0.4) is 0 Å². The number of esters is 1. The number of methoxy groups -OCH3 is 1. The highest BCUT2D eigenvalue weighted by atomic mass is 16.5. The van der Waals surface area contributed by atoms with Crippen molar-refractivity contribution in [3.05, 3.63) is 59.4 Å². The predicted molar refractivity (Wildman–Crippen MR) is 92.7 cm³/mol. The molecule has 0 aliphatic carbocycles. The molecule has 24 heavy (non-hydrogen) atoms. The van der Waals surface area contributed by atoms with Gasteiger partial charge in [0.25, 0.3) is 0 Å². The van der Waals surface area contributed by atoms with Gasteiger partial charge in [-0.2, -0.15) is 0 Å². The largest absolute Gasteiger partial charge is 0.497 e. The van der Waals surface area contributed by atoms with Crippen molar-refractivity contribution in [3.63, 3.8) is 0 Å². The van der Waals surface area contributed by atoms with E-state index in [1.165, 1.54) is 12.5 Å². The minimum Gasteiger partial charge on any atom is -0.497 e. The Labute approximate surface area is 141 Å². The van der Waals surface area contributed by atoms with Crippen molar-refractivity contribution in [2.24, 2.45) is 0 Å². The number of carbonyl (C=O) groups excluding carboxylic acids is 1. The van der Waals surface area contributed by atoms with Crippen LogP contribution in [0.1, 0.15) is 23.8 Å². The van der Waals surface area contributed by atoms with Crippen LogP contribution < -0.4 is 9.47 Å². The van der Waals surface area contributed by atoms with E-state index in [9.17, 15) is 4.79 Å². The van der Waals surface area contributed by atoms with E-state index in [0.29, 0.717) is 5.75 Å². The summed E-state index contributed by atoms with van der Waals surface area (Å²) in [5.74, 6) is 1.99. The van der Waals surface area contributed by atoms with Gasteiger partial charge in [0.1, 0.15) is 22.8 Å². The molecule has 0 radical (unpaired) electrons. The normalized spacial score (nSPS) is 10.8. The average molecular weight is 324 g/mol. The Hall–Kier alpha value is -2.75. The summed E-state index contributed by atoms with van der Waals surface area (Å²) in [6.07, 6.45) is 1.65. The molecule has 124 valence electrons. The van der Waals surface area contributed by atoms with Crippen LogP contribution in [-0.2, 0) is 17.6 Å². The summed E-state index contributed by atoms with van der Waals surface area (Å²) in [5, 5.41) is 0.873. The zero-order valence-electron chi connectivity index (χ0n) is 14.1. The molecule has 0 fully saturated rings. The van der Waals surface area contributed by atoms with Crippen LogP contribution >= 0.6 is 0 Å². The second-order valence-corrected chi connectivity index (χ2v) is 5.72. The molecular formula is C20H20O4. The van der Waals surface area contributed by atoms with Gasteiger partial charge in [-0.3, -0.25) is 4.79 Å². The van der Waals surface area contributed by atoms with E-state index in [1.54, 1.807) is 13.2 Å². The molecule has 1 heterocycles. The van der Waals surface area contributed by atoms with Crippen molar-refractivity contribution in [1.82, 2.24) is 0 Å². The van der Waals surface area contributed by atoms with Gasteiger partial charge in [-0.15, -0.1) is 0 Å². The summed E-state index contributed by atoms with van der Waals surface area (Å²) < 4.78 is 16.4. The summed E-state index contributed by atoms with van der Waals surface area (Å²) in [6, 6.07) is 13.5. The second kappa shape index (κ2) is 6.79. The third-order valence-corrected chi connectivity index (χ3v) is 4.07. The van der Waals surface area contributed by atoms with Gasteiger partial charge in [-0.1, -0.05) is 18.2 Å². The van der Waals surface area contributed by atoms with Crippen molar-refractivity contribution >= 4 is 16.9 Å². The van der Waals surface area contributed by atoms with E-state index in [-0.39, 0.29) is 5.97 Å². The maximum absolute atomic E-state index is 11.3. The lowest BCUT2D eigenvalue weighted by Crippen LogP contribution is -2.01. The van der Waals surface area contributed by atoms with Crippen LogP contribution in [0.25, 0.3) is 11.0 Å². The van der Waals surface area contributed by atoms with E-state index in [1.807, 2.05) is 31.2 Å². The summed E-state index contributed by atoms with van der Waals surface area (Å²) in [4.78, 5) is 11.3. The molecule has 3 aromatic rings. The Kier molecular flexibility index (Phi) is 4.56. The quantitative estimate of drug-likeness (QED) is 0.513. The predicted octanol–water partition coefficient (Wildman–Crippen LogP) is 4.46. The van der Waals surface area contributed by atoms with Gasteiger partial charge < -0.3 is 13.9 Å². The van der Waals surface area contributed by atoms with Gasteiger partial charge in [0, 0.05) is 18.9 Å². The number of hydrogen-bond donors (Lipinski definition) is 0. The van der Waals surface area contributed by atoms with Crippen LogP contribution in [-0.4, -0.2) is 13.1 Å². The molecule has 4 nitrogen and oxygen atoms in total. The number of aryl methyl sites for hydroxylation is 3. The van der Waals surface area contributed by atoms with Gasteiger partial charge in [-0.05, 0) is 43.2 Å². The summed E-state index contributed by atoms with van der Waals surface area (Å²) in [5.41, 5.74) is 2.99. The number of ether oxygens (including phenoxy) is 2. The van der Waals surface area contributed by atoms with Gasteiger partial charge in [-0.25, -0.2) is 0 Å². The lowest BCUT2D eigenvalue weighted by molar-refractivity contribution is -0.131. The van der Waals surface area contributed by atoms with Crippen LogP contribution in [0.2, 0.25) is 0 Å². The van der Waals surface area contributed by atoms with E-state index >= 15 is 0 Å². The second-order valence-electron chi connectivity index (χ2n) is 5.72. The van der Waals surface area contributed by atoms with E-state index < -0.39 is 0 Å². The van der Waals surface area contributed by atoms with E-state index in [0.717, 1.165) is 40.9 Å². The molecule has 0 bridgehead atoms. The maximum Gasteiger partial charge on any atom is 0.308 e. The number of fused-ring (bicyclic) bond motifs is 1. The molecule has 0 atom stereocenters. The Morgan fingerprint density at radius 2 is 1.83 bits per heavy atom. The first kappa shape index (κ1) is 16.1. The minimum atomic E-state index is -0.331. The molecule has 0 aliphatic heterocycles. The van der Waals surface area contributed by atoms with Crippen LogP contribution in [0.4, 0.5) is 0 Å². The standard InChI is InChI=1S/C20H20O4/c1-13-17(12-9-15-7-10-16(22-3)11-8-15)24-19-6-4-5-18(20(13)19)23-14(2)21/h4-8,10-11H,9,12H2,1-3H3. The first-order valence-corrected chi connectivity index (χ1v) is 7.91. The van der Waals surface area contributed by atoms with Crippen molar-refractivity contribution in [3.8, 4) is 11.5 Å². The van der Waals surface area contributed by atoms with Crippen molar-refractivity contribution in [2.45, 2.75) is 26.7 Å². The van der Waals surface area contributed by atoms with Crippen molar-refractivity contribution in [1.29, 1.82) is 0 Å². The highest BCUT2D eigenvalue weighted by Crippen LogP contribution is 2.33. The Morgan fingerprint density at radius 3 is 2.50 bits per heavy atom. The molecule has 0 amide bonds. The number of carbonyl (C=O) groups is 1. The van der Waals surface area contributed by atoms with Crippen molar-refractivity contribution < 1.29 is 18.7 Å². The van der Waals surface area contributed by atoms with Crippen LogP contribution in [0.15, 0.2) is 46.9 Å². The molecule has 0 spiro atoms. The average Bonchev–Trinajstić information content (AvgIpc) is 2.90. The molecule has 3 rings (SSSR count). The molecule has 0 aliphatic rings. The Balaban J connectivity index is 1.84. The SMILES string of the molecule is COc1ccc(CCc2oc3cccc(OC(C)=O)c3c2C)cc1. The highest BCUT2D eigenvalue weighted by molar-refractivity contribution is 5.90. The minimum absolute atomic E-state index is 0.331. The third kappa shape index (κ3) is 3.27. The van der Waals surface area contributed by atoms with Crippen LogP contribution in [0, 0.1) is 6.92 Å². The molecule has 0 saturated carbocycles. The van der Waals surface area contributed by atoms with E-state index in [2.05, 4.69) is 12.1 Å². The topological polar surface area (TPSA) is 48.7 Å². The lowest BCUT2D eigenvalue weighted by atomic mass is 10.0. The smallest absolute Gasteiger partial charge is 0.308 e. The third-order valence-electron chi connectivity index (χ3n) is 4.07. The Bertz CT molecular complexity index is 859. The summed E-state index contributed by atoms with van der Waals surface area (Å²) in [7, 11) is 1.66. The fourth-order valence-corrected chi connectivity index (χ4v) is 2.84.